The van der Waals surface area contributed by atoms with Crippen LogP contribution < -0.4 is 11.1 Å². The van der Waals surface area contributed by atoms with Gasteiger partial charge in [-0.05, 0) is 30.9 Å². The summed E-state index contributed by atoms with van der Waals surface area (Å²) in [6.07, 6.45) is 1.93. The molecule has 90 valence electrons. The van der Waals surface area contributed by atoms with Gasteiger partial charge in [-0.3, -0.25) is 0 Å². The summed E-state index contributed by atoms with van der Waals surface area (Å²) in [6, 6.07) is 4.12. The minimum atomic E-state index is -0.115. The summed E-state index contributed by atoms with van der Waals surface area (Å²) in [4.78, 5) is 4.41. The number of nitrogens with one attached hydrogen (secondary N) is 1. The van der Waals surface area contributed by atoms with Crippen LogP contribution in [0.25, 0.3) is 0 Å². The van der Waals surface area contributed by atoms with Crippen LogP contribution in [0.4, 0.5) is 5.82 Å². The lowest BCUT2D eigenvalue weighted by Crippen LogP contribution is -2.39. The van der Waals surface area contributed by atoms with Crippen molar-refractivity contribution in [2.75, 3.05) is 11.9 Å². The van der Waals surface area contributed by atoms with Crippen LogP contribution in [0.1, 0.15) is 40.2 Å². The van der Waals surface area contributed by atoms with Crippen molar-refractivity contribution in [3.05, 3.63) is 23.9 Å². The lowest BCUT2D eigenvalue weighted by atomic mass is 9.88. The first-order valence-electron chi connectivity index (χ1n) is 5.69. The predicted molar refractivity (Wildman–Crippen MR) is 69.7 cm³/mol. The zero-order valence-electron chi connectivity index (χ0n) is 11.0. The molecule has 1 heterocycles. The van der Waals surface area contributed by atoms with Crippen molar-refractivity contribution in [1.82, 2.24) is 4.98 Å². The van der Waals surface area contributed by atoms with E-state index in [4.69, 9.17) is 5.73 Å². The van der Waals surface area contributed by atoms with Crippen molar-refractivity contribution < 1.29 is 0 Å². The van der Waals surface area contributed by atoms with Gasteiger partial charge in [-0.2, -0.15) is 0 Å². The molecule has 1 aromatic rings. The quantitative estimate of drug-likeness (QED) is 0.824. The second kappa shape index (κ2) is 4.42. The van der Waals surface area contributed by atoms with Crippen LogP contribution in [0, 0.1) is 0 Å². The Balaban J connectivity index is 2.80. The molecule has 0 aromatic carbocycles. The molecule has 3 N–H and O–H groups in total. The normalized spacial score (nSPS) is 12.6. The molecule has 1 rings (SSSR count). The number of nitrogens with zero attached hydrogens (tertiary/aromatic N) is 1. The van der Waals surface area contributed by atoms with Gasteiger partial charge in [0.15, 0.2) is 0 Å². The lowest BCUT2D eigenvalue weighted by molar-refractivity contribution is 0.574. The number of rotatable bonds is 3. The highest BCUT2D eigenvalue weighted by molar-refractivity contribution is 5.39. The van der Waals surface area contributed by atoms with E-state index >= 15 is 0 Å². The van der Waals surface area contributed by atoms with Gasteiger partial charge in [0, 0.05) is 18.3 Å². The molecule has 0 saturated heterocycles. The second-order valence-electron chi connectivity index (χ2n) is 5.90. The van der Waals surface area contributed by atoms with E-state index in [2.05, 4.69) is 51.0 Å². The summed E-state index contributed by atoms with van der Waals surface area (Å²) < 4.78 is 0. The van der Waals surface area contributed by atoms with E-state index in [1.807, 2.05) is 12.3 Å². The van der Waals surface area contributed by atoms with Crippen molar-refractivity contribution in [2.45, 2.75) is 45.6 Å². The van der Waals surface area contributed by atoms with Crippen molar-refractivity contribution in [1.29, 1.82) is 0 Å². The number of anilines is 1. The minimum Gasteiger partial charge on any atom is -0.364 e. The Morgan fingerprint density at radius 2 is 1.81 bits per heavy atom. The molecule has 0 fully saturated rings. The molecular weight excluding hydrogens is 198 g/mol. The minimum absolute atomic E-state index is 0.115. The molecule has 0 aliphatic carbocycles. The van der Waals surface area contributed by atoms with Gasteiger partial charge in [0.1, 0.15) is 5.82 Å². The van der Waals surface area contributed by atoms with Crippen LogP contribution >= 0.6 is 0 Å². The average molecular weight is 221 g/mol. The van der Waals surface area contributed by atoms with E-state index in [9.17, 15) is 0 Å². The van der Waals surface area contributed by atoms with Crippen LogP contribution in [-0.2, 0) is 5.41 Å². The van der Waals surface area contributed by atoms with Gasteiger partial charge < -0.3 is 11.1 Å². The fourth-order valence-electron chi connectivity index (χ4n) is 1.31. The molecule has 0 unspecified atom stereocenters. The second-order valence-corrected chi connectivity index (χ2v) is 5.90. The molecular formula is C13H23N3. The maximum Gasteiger partial charge on any atom is 0.126 e. The monoisotopic (exact) mass is 221 g/mol. The number of pyridine rings is 1. The predicted octanol–water partition coefficient (Wildman–Crippen LogP) is 2.53. The molecule has 16 heavy (non-hydrogen) atoms. The van der Waals surface area contributed by atoms with Crippen LogP contribution in [0.3, 0.4) is 0 Å². The molecule has 3 nitrogen and oxygen atoms in total. The molecule has 0 bridgehead atoms. The molecule has 0 radical (unpaired) electrons. The topological polar surface area (TPSA) is 50.9 Å². The molecule has 0 saturated carbocycles. The summed E-state index contributed by atoms with van der Waals surface area (Å²) in [5, 5.41) is 3.31. The maximum atomic E-state index is 5.66. The van der Waals surface area contributed by atoms with Gasteiger partial charge in [-0.25, -0.2) is 4.98 Å². The summed E-state index contributed by atoms with van der Waals surface area (Å²) in [5.41, 5.74) is 6.94. The first-order valence-corrected chi connectivity index (χ1v) is 5.69. The Morgan fingerprint density at radius 3 is 2.19 bits per heavy atom. The van der Waals surface area contributed by atoms with Crippen LogP contribution in [0.2, 0.25) is 0 Å². The van der Waals surface area contributed by atoms with Gasteiger partial charge in [0.05, 0.1) is 0 Å². The van der Waals surface area contributed by atoms with E-state index < -0.39 is 0 Å². The Bertz CT molecular complexity index is 333. The number of hydrogen-bond acceptors (Lipinski definition) is 3. The van der Waals surface area contributed by atoms with Crippen molar-refractivity contribution >= 4 is 5.82 Å². The van der Waals surface area contributed by atoms with E-state index in [1.54, 1.807) is 0 Å². The number of nitrogens with two attached hydrogens (primary N) is 1. The highest BCUT2D eigenvalue weighted by Crippen LogP contribution is 2.22. The third kappa shape index (κ3) is 3.49. The summed E-state index contributed by atoms with van der Waals surface area (Å²) >= 11 is 0. The van der Waals surface area contributed by atoms with Crippen LogP contribution in [-0.4, -0.2) is 17.1 Å². The Hall–Kier alpha value is -1.09. The lowest BCUT2D eigenvalue weighted by Gasteiger charge is -2.25. The Labute approximate surface area is 98.5 Å². The first kappa shape index (κ1) is 13.0. The standard InChI is InChI=1S/C13H23N3/c1-12(2,3)10-6-7-11(15-8-10)16-13(4,5)9-14/h6-8H,9,14H2,1-5H3,(H,15,16). The molecule has 0 spiro atoms. The van der Waals surface area contributed by atoms with Crippen LogP contribution in [0.15, 0.2) is 18.3 Å². The van der Waals surface area contributed by atoms with E-state index in [0.29, 0.717) is 6.54 Å². The van der Waals surface area contributed by atoms with Crippen molar-refractivity contribution in [2.24, 2.45) is 5.73 Å². The fraction of sp³-hybridized carbons (Fsp3) is 0.615. The van der Waals surface area contributed by atoms with Gasteiger partial charge in [0.2, 0.25) is 0 Å². The van der Waals surface area contributed by atoms with Crippen molar-refractivity contribution in [3.63, 3.8) is 0 Å². The van der Waals surface area contributed by atoms with E-state index in [1.165, 1.54) is 5.56 Å². The van der Waals surface area contributed by atoms with Gasteiger partial charge in [0.25, 0.3) is 0 Å². The highest BCUT2D eigenvalue weighted by atomic mass is 15.1. The van der Waals surface area contributed by atoms with Gasteiger partial charge >= 0.3 is 0 Å². The third-order valence-corrected chi connectivity index (χ3v) is 2.61. The van der Waals surface area contributed by atoms with E-state index in [0.717, 1.165) is 5.82 Å². The summed E-state index contributed by atoms with van der Waals surface area (Å²) in [7, 11) is 0. The number of aromatic nitrogens is 1. The molecule has 0 aliphatic heterocycles. The molecule has 0 amide bonds. The Kier molecular flexibility index (Phi) is 3.58. The largest absolute Gasteiger partial charge is 0.364 e. The van der Waals surface area contributed by atoms with Gasteiger partial charge in [-0.15, -0.1) is 0 Å². The highest BCUT2D eigenvalue weighted by Gasteiger charge is 2.17. The van der Waals surface area contributed by atoms with Gasteiger partial charge in [-0.1, -0.05) is 26.8 Å². The number of hydrogen-bond donors (Lipinski definition) is 2. The Morgan fingerprint density at radius 1 is 1.19 bits per heavy atom. The third-order valence-electron chi connectivity index (χ3n) is 2.61. The molecule has 1 aromatic heterocycles. The van der Waals surface area contributed by atoms with Crippen LogP contribution in [0.5, 0.6) is 0 Å². The summed E-state index contributed by atoms with van der Waals surface area (Å²) in [5.74, 6) is 0.878. The molecule has 0 atom stereocenters. The fourth-order valence-corrected chi connectivity index (χ4v) is 1.31. The SMILES string of the molecule is CC(C)(CN)Nc1ccc(C(C)(C)C)cn1. The summed E-state index contributed by atoms with van der Waals surface area (Å²) in [6.45, 7) is 11.2. The molecule has 3 heteroatoms. The molecule has 0 aliphatic rings. The van der Waals surface area contributed by atoms with E-state index in [-0.39, 0.29) is 11.0 Å². The first-order chi connectivity index (χ1) is 7.24. The average Bonchev–Trinajstić information content (AvgIpc) is 2.16. The smallest absolute Gasteiger partial charge is 0.126 e. The maximum absolute atomic E-state index is 5.66. The zero-order valence-corrected chi connectivity index (χ0v) is 11.0. The van der Waals surface area contributed by atoms with Crippen molar-refractivity contribution in [3.8, 4) is 0 Å². The zero-order chi connectivity index (χ0) is 12.4.